The van der Waals surface area contributed by atoms with Crippen molar-refractivity contribution < 1.29 is 4.79 Å². The first-order chi connectivity index (χ1) is 8.11. The molecule has 1 saturated carbocycles. The molecule has 4 nitrogen and oxygen atoms in total. The molecule has 1 aliphatic rings. The summed E-state index contributed by atoms with van der Waals surface area (Å²) in [4.78, 5) is 16.0. The number of amides is 1. The number of hydrogen-bond donors (Lipinski definition) is 2. The Balaban J connectivity index is 2.09. The van der Waals surface area contributed by atoms with Gasteiger partial charge in [-0.1, -0.05) is 19.3 Å². The summed E-state index contributed by atoms with van der Waals surface area (Å²) in [6, 6.07) is 3.44. The summed E-state index contributed by atoms with van der Waals surface area (Å²) in [5.41, 5.74) is 6.08. The number of aromatic nitrogens is 1. The van der Waals surface area contributed by atoms with Gasteiger partial charge in [-0.2, -0.15) is 0 Å². The fraction of sp³-hybridized carbons (Fsp3) is 0.538. The SMILES string of the molecule is CC1(NC(=O)c2cccnc2N)CCCCC1. The van der Waals surface area contributed by atoms with E-state index < -0.39 is 0 Å². The second-order valence-corrected chi connectivity index (χ2v) is 5.01. The first kappa shape index (κ1) is 11.9. The molecule has 1 heterocycles. The van der Waals surface area contributed by atoms with Gasteiger partial charge in [-0.25, -0.2) is 4.98 Å². The third-order valence-corrected chi connectivity index (χ3v) is 3.46. The van der Waals surface area contributed by atoms with Gasteiger partial charge in [0.1, 0.15) is 5.82 Å². The van der Waals surface area contributed by atoms with Crippen LogP contribution in [0.4, 0.5) is 5.82 Å². The van der Waals surface area contributed by atoms with Gasteiger partial charge in [0.25, 0.3) is 5.91 Å². The molecule has 1 amide bonds. The van der Waals surface area contributed by atoms with E-state index in [1.54, 1.807) is 18.3 Å². The van der Waals surface area contributed by atoms with Crippen LogP contribution in [-0.4, -0.2) is 16.4 Å². The predicted octanol–water partition coefficient (Wildman–Crippen LogP) is 2.12. The molecule has 0 bridgehead atoms. The third-order valence-electron chi connectivity index (χ3n) is 3.46. The van der Waals surface area contributed by atoms with Gasteiger partial charge in [0, 0.05) is 11.7 Å². The highest BCUT2D eigenvalue weighted by molar-refractivity contribution is 5.98. The number of pyridine rings is 1. The van der Waals surface area contributed by atoms with Crippen LogP contribution in [-0.2, 0) is 0 Å². The topological polar surface area (TPSA) is 68.0 Å². The number of nitrogens with zero attached hydrogens (tertiary/aromatic N) is 1. The van der Waals surface area contributed by atoms with Gasteiger partial charge in [0.15, 0.2) is 0 Å². The van der Waals surface area contributed by atoms with Crippen LogP contribution in [0.2, 0.25) is 0 Å². The summed E-state index contributed by atoms with van der Waals surface area (Å²) in [6.45, 7) is 2.11. The summed E-state index contributed by atoms with van der Waals surface area (Å²) < 4.78 is 0. The number of anilines is 1. The molecule has 0 spiro atoms. The molecule has 17 heavy (non-hydrogen) atoms. The average molecular weight is 233 g/mol. The zero-order chi connectivity index (χ0) is 12.3. The maximum absolute atomic E-state index is 12.1. The molecule has 92 valence electrons. The molecule has 0 saturated heterocycles. The second kappa shape index (κ2) is 4.73. The van der Waals surface area contributed by atoms with E-state index in [9.17, 15) is 4.79 Å². The molecule has 0 unspecified atom stereocenters. The Hall–Kier alpha value is -1.58. The van der Waals surface area contributed by atoms with Gasteiger partial charge in [0.05, 0.1) is 5.56 Å². The molecule has 0 aliphatic heterocycles. The summed E-state index contributed by atoms with van der Waals surface area (Å²) >= 11 is 0. The van der Waals surface area contributed by atoms with Crippen molar-refractivity contribution in [3.8, 4) is 0 Å². The molecule has 1 fully saturated rings. The van der Waals surface area contributed by atoms with Gasteiger partial charge in [-0.15, -0.1) is 0 Å². The van der Waals surface area contributed by atoms with E-state index in [4.69, 9.17) is 5.73 Å². The average Bonchev–Trinajstić information content (AvgIpc) is 2.29. The van der Waals surface area contributed by atoms with Gasteiger partial charge in [-0.3, -0.25) is 4.79 Å². The summed E-state index contributed by atoms with van der Waals surface area (Å²) in [5.74, 6) is 0.185. The molecular formula is C13H19N3O. The van der Waals surface area contributed by atoms with Crippen molar-refractivity contribution in [2.24, 2.45) is 0 Å². The number of rotatable bonds is 2. The van der Waals surface area contributed by atoms with E-state index in [-0.39, 0.29) is 11.4 Å². The van der Waals surface area contributed by atoms with Crippen LogP contribution in [0, 0.1) is 0 Å². The lowest BCUT2D eigenvalue weighted by atomic mass is 9.83. The molecule has 3 N–H and O–H groups in total. The zero-order valence-corrected chi connectivity index (χ0v) is 10.2. The Kier molecular flexibility index (Phi) is 3.31. The maximum atomic E-state index is 12.1. The molecule has 0 radical (unpaired) electrons. The minimum atomic E-state index is -0.111. The predicted molar refractivity (Wildman–Crippen MR) is 67.6 cm³/mol. The highest BCUT2D eigenvalue weighted by Gasteiger charge is 2.29. The van der Waals surface area contributed by atoms with Crippen LogP contribution < -0.4 is 11.1 Å². The monoisotopic (exact) mass is 233 g/mol. The Morgan fingerprint density at radius 3 is 2.76 bits per heavy atom. The van der Waals surface area contributed by atoms with Crippen LogP contribution in [0.3, 0.4) is 0 Å². The van der Waals surface area contributed by atoms with Gasteiger partial charge in [-0.05, 0) is 31.9 Å². The minimum Gasteiger partial charge on any atom is -0.383 e. The maximum Gasteiger partial charge on any atom is 0.255 e. The Labute approximate surface area is 102 Å². The number of nitrogens with one attached hydrogen (secondary N) is 1. The van der Waals surface area contributed by atoms with E-state index >= 15 is 0 Å². The van der Waals surface area contributed by atoms with Gasteiger partial charge in [0.2, 0.25) is 0 Å². The molecular weight excluding hydrogens is 214 g/mol. The lowest BCUT2D eigenvalue weighted by Crippen LogP contribution is -2.47. The van der Waals surface area contributed by atoms with Crippen LogP contribution in [0.25, 0.3) is 0 Å². The van der Waals surface area contributed by atoms with Crippen molar-refractivity contribution in [3.63, 3.8) is 0 Å². The molecule has 1 aromatic rings. The normalized spacial score (nSPS) is 18.6. The van der Waals surface area contributed by atoms with Crippen molar-refractivity contribution in [2.75, 3.05) is 5.73 Å². The largest absolute Gasteiger partial charge is 0.383 e. The molecule has 1 aromatic heterocycles. The zero-order valence-electron chi connectivity index (χ0n) is 10.2. The summed E-state index contributed by atoms with van der Waals surface area (Å²) in [6.07, 6.45) is 7.30. The first-order valence-electron chi connectivity index (χ1n) is 6.14. The molecule has 2 rings (SSSR count). The smallest absolute Gasteiger partial charge is 0.255 e. The number of hydrogen-bond acceptors (Lipinski definition) is 3. The van der Waals surface area contributed by atoms with Gasteiger partial charge < -0.3 is 11.1 Å². The van der Waals surface area contributed by atoms with Crippen LogP contribution in [0.5, 0.6) is 0 Å². The summed E-state index contributed by atoms with van der Waals surface area (Å²) in [5, 5.41) is 3.09. The molecule has 4 heteroatoms. The fourth-order valence-corrected chi connectivity index (χ4v) is 2.41. The highest BCUT2D eigenvalue weighted by Crippen LogP contribution is 2.28. The van der Waals surface area contributed by atoms with Gasteiger partial charge >= 0.3 is 0 Å². The second-order valence-electron chi connectivity index (χ2n) is 5.01. The van der Waals surface area contributed by atoms with Crippen molar-refractivity contribution in [2.45, 2.75) is 44.6 Å². The highest BCUT2D eigenvalue weighted by atomic mass is 16.1. The van der Waals surface area contributed by atoms with Crippen LogP contribution in [0.15, 0.2) is 18.3 Å². The molecule has 1 aliphatic carbocycles. The lowest BCUT2D eigenvalue weighted by molar-refractivity contribution is 0.0883. The van der Waals surface area contributed by atoms with E-state index in [1.807, 2.05) is 0 Å². The number of carbonyl (C=O) groups excluding carboxylic acids is 1. The van der Waals surface area contributed by atoms with Crippen LogP contribution in [0.1, 0.15) is 49.4 Å². The van der Waals surface area contributed by atoms with E-state index in [0.717, 1.165) is 12.8 Å². The Bertz CT molecular complexity index is 411. The summed E-state index contributed by atoms with van der Waals surface area (Å²) in [7, 11) is 0. The standard InChI is InChI=1S/C13H19N3O/c1-13(7-3-2-4-8-13)16-12(17)10-6-5-9-15-11(10)14/h5-6,9H,2-4,7-8H2,1H3,(H2,14,15)(H,16,17). The lowest BCUT2D eigenvalue weighted by Gasteiger charge is -2.34. The molecule has 0 aromatic carbocycles. The number of nitrogens with two attached hydrogens (primary N) is 1. The number of carbonyl (C=O) groups is 1. The van der Waals surface area contributed by atoms with E-state index in [0.29, 0.717) is 11.4 Å². The minimum absolute atomic E-state index is 0.0857. The number of nitrogen functional groups attached to an aromatic ring is 1. The molecule has 0 atom stereocenters. The van der Waals surface area contributed by atoms with Crippen molar-refractivity contribution >= 4 is 11.7 Å². The quantitative estimate of drug-likeness (QED) is 0.822. The third kappa shape index (κ3) is 2.75. The van der Waals surface area contributed by atoms with Crippen molar-refractivity contribution in [1.29, 1.82) is 0 Å². The van der Waals surface area contributed by atoms with E-state index in [2.05, 4.69) is 17.2 Å². The first-order valence-corrected chi connectivity index (χ1v) is 6.14. The Morgan fingerprint density at radius 2 is 2.12 bits per heavy atom. The van der Waals surface area contributed by atoms with E-state index in [1.165, 1.54) is 19.3 Å². The van der Waals surface area contributed by atoms with Crippen LogP contribution >= 0.6 is 0 Å². The van der Waals surface area contributed by atoms with Crippen molar-refractivity contribution in [3.05, 3.63) is 23.9 Å². The fourth-order valence-electron chi connectivity index (χ4n) is 2.41. The Morgan fingerprint density at radius 1 is 1.41 bits per heavy atom. The van der Waals surface area contributed by atoms with Crippen molar-refractivity contribution in [1.82, 2.24) is 10.3 Å².